The normalized spacial score (nSPS) is 16.9. The van der Waals surface area contributed by atoms with Crippen LogP contribution in [0.2, 0.25) is 0 Å². The van der Waals surface area contributed by atoms with Crippen molar-refractivity contribution in [3.63, 3.8) is 0 Å². The van der Waals surface area contributed by atoms with E-state index in [0.717, 1.165) is 17.7 Å². The van der Waals surface area contributed by atoms with E-state index < -0.39 is 12.0 Å². The van der Waals surface area contributed by atoms with Crippen LogP contribution in [0.4, 0.5) is 5.69 Å². The Balaban J connectivity index is 1.62. The number of hydrogen-bond donors (Lipinski definition) is 2. The van der Waals surface area contributed by atoms with Gasteiger partial charge in [-0.05, 0) is 49.6 Å². The zero-order valence-electron chi connectivity index (χ0n) is 15.1. The van der Waals surface area contributed by atoms with Crippen LogP contribution in [0.25, 0.3) is 0 Å². The number of aryl methyl sites for hydroxylation is 1. The van der Waals surface area contributed by atoms with Gasteiger partial charge >= 0.3 is 5.97 Å². The van der Waals surface area contributed by atoms with Gasteiger partial charge in [0, 0.05) is 12.2 Å². The summed E-state index contributed by atoms with van der Waals surface area (Å²) in [6.07, 6.45) is 1.54. The van der Waals surface area contributed by atoms with Gasteiger partial charge in [-0.2, -0.15) is 0 Å². The van der Waals surface area contributed by atoms with Gasteiger partial charge in [0.15, 0.2) is 0 Å². The molecular formula is C21H22N2O4. The molecule has 1 aliphatic rings. The predicted molar refractivity (Wildman–Crippen MR) is 102 cm³/mol. The lowest BCUT2D eigenvalue weighted by Gasteiger charge is -2.32. The first-order valence-electron chi connectivity index (χ1n) is 8.93. The molecule has 1 atom stereocenters. The maximum atomic E-state index is 12.8. The summed E-state index contributed by atoms with van der Waals surface area (Å²) in [4.78, 5) is 37.7. The van der Waals surface area contributed by atoms with Crippen molar-refractivity contribution >= 4 is 23.5 Å². The molecule has 6 nitrogen and oxygen atoms in total. The lowest BCUT2D eigenvalue weighted by molar-refractivity contribution is -0.128. The van der Waals surface area contributed by atoms with Crippen molar-refractivity contribution in [2.24, 2.45) is 0 Å². The predicted octanol–water partition coefficient (Wildman–Crippen LogP) is 2.55. The minimum Gasteiger partial charge on any atom is -0.478 e. The van der Waals surface area contributed by atoms with Gasteiger partial charge in [0.2, 0.25) is 11.8 Å². The van der Waals surface area contributed by atoms with Crippen molar-refractivity contribution in [3.05, 3.63) is 65.2 Å². The van der Waals surface area contributed by atoms with Crippen LogP contribution in [0, 0.1) is 6.92 Å². The number of anilines is 1. The maximum absolute atomic E-state index is 12.8. The van der Waals surface area contributed by atoms with Crippen LogP contribution in [0.5, 0.6) is 0 Å². The van der Waals surface area contributed by atoms with E-state index in [-0.39, 0.29) is 23.8 Å². The molecule has 0 spiro atoms. The summed E-state index contributed by atoms with van der Waals surface area (Å²) in [6, 6.07) is 13.4. The number of rotatable bonds is 5. The Morgan fingerprint density at radius 3 is 2.41 bits per heavy atom. The number of nitrogens with zero attached hydrogens (tertiary/aromatic N) is 1. The number of amides is 2. The summed E-state index contributed by atoms with van der Waals surface area (Å²) in [5.74, 6) is -1.35. The summed E-state index contributed by atoms with van der Waals surface area (Å²) in [5, 5.41) is 11.7. The van der Waals surface area contributed by atoms with Gasteiger partial charge in [-0.25, -0.2) is 4.79 Å². The number of piperidine rings is 1. The standard InChI is InChI=1S/C21H22N2O4/c1-14-4-10-17(11-5-14)23-12-2-3-18(20(23)25)22-19(24)13-15-6-8-16(9-7-15)21(26)27/h4-11,18H,2-3,12-13H2,1H3,(H,22,24)(H,26,27). The molecule has 1 unspecified atom stereocenters. The van der Waals surface area contributed by atoms with E-state index in [1.807, 2.05) is 31.2 Å². The van der Waals surface area contributed by atoms with Crippen LogP contribution in [-0.4, -0.2) is 35.5 Å². The lowest BCUT2D eigenvalue weighted by atomic mass is 10.0. The average molecular weight is 366 g/mol. The van der Waals surface area contributed by atoms with E-state index in [4.69, 9.17) is 5.11 Å². The van der Waals surface area contributed by atoms with Crippen molar-refractivity contribution < 1.29 is 19.5 Å². The van der Waals surface area contributed by atoms with Gasteiger partial charge in [-0.15, -0.1) is 0 Å². The van der Waals surface area contributed by atoms with E-state index in [0.29, 0.717) is 18.5 Å². The van der Waals surface area contributed by atoms with Gasteiger partial charge in [-0.3, -0.25) is 9.59 Å². The fourth-order valence-corrected chi connectivity index (χ4v) is 3.19. The van der Waals surface area contributed by atoms with Crippen molar-refractivity contribution in [2.45, 2.75) is 32.2 Å². The van der Waals surface area contributed by atoms with Crippen molar-refractivity contribution in [1.29, 1.82) is 0 Å². The third-order valence-corrected chi connectivity index (χ3v) is 4.69. The van der Waals surface area contributed by atoms with Crippen molar-refractivity contribution in [3.8, 4) is 0 Å². The van der Waals surface area contributed by atoms with E-state index in [1.54, 1.807) is 17.0 Å². The largest absolute Gasteiger partial charge is 0.478 e. The van der Waals surface area contributed by atoms with Crippen molar-refractivity contribution in [2.75, 3.05) is 11.4 Å². The molecule has 1 saturated heterocycles. The van der Waals surface area contributed by atoms with Gasteiger partial charge in [0.1, 0.15) is 6.04 Å². The maximum Gasteiger partial charge on any atom is 0.335 e. The van der Waals surface area contributed by atoms with E-state index in [2.05, 4.69) is 5.32 Å². The van der Waals surface area contributed by atoms with Gasteiger partial charge in [0.05, 0.1) is 12.0 Å². The number of carboxylic acids is 1. The Hall–Kier alpha value is -3.15. The van der Waals surface area contributed by atoms with Gasteiger partial charge < -0.3 is 15.3 Å². The SMILES string of the molecule is Cc1ccc(N2CCCC(NC(=O)Cc3ccc(C(=O)O)cc3)C2=O)cc1. The lowest BCUT2D eigenvalue weighted by Crippen LogP contribution is -2.52. The molecule has 2 N–H and O–H groups in total. The third kappa shape index (κ3) is 4.53. The van der Waals surface area contributed by atoms with Crippen LogP contribution in [0.1, 0.15) is 34.3 Å². The molecule has 2 aromatic rings. The van der Waals surface area contributed by atoms with E-state index in [1.165, 1.54) is 12.1 Å². The van der Waals surface area contributed by atoms with Gasteiger partial charge in [-0.1, -0.05) is 29.8 Å². The van der Waals surface area contributed by atoms with Crippen LogP contribution in [0.3, 0.4) is 0 Å². The highest BCUT2D eigenvalue weighted by Crippen LogP contribution is 2.21. The fourth-order valence-electron chi connectivity index (χ4n) is 3.19. The van der Waals surface area contributed by atoms with E-state index >= 15 is 0 Å². The summed E-state index contributed by atoms with van der Waals surface area (Å²) in [5.41, 5.74) is 2.85. The second-order valence-electron chi connectivity index (χ2n) is 6.77. The molecule has 27 heavy (non-hydrogen) atoms. The van der Waals surface area contributed by atoms with Crippen LogP contribution >= 0.6 is 0 Å². The highest BCUT2D eigenvalue weighted by molar-refractivity contribution is 6.00. The third-order valence-electron chi connectivity index (χ3n) is 4.69. The molecule has 0 aliphatic carbocycles. The second-order valence-corrected chi connectivity index (χ2v) is 6.77. The molecule has 2 aromatic carbocycles. The molecule has 3 rings (SSSR count). The zero-order valence-corrected chi connectivity index (χ0v) is 15.1. The molecule has 1 fully saturated rings. The Kier molecular flexibility index (Phi) is 5.54. The van der Waals surface area contributed by atoms with Gasteiger partial charge in [0.25, 0.3) is 0 Å². The monoisotopic (exact) mass is 366 g/mol. The Bertz CT molecular complexity index is 843. The number of aromatic carboxylic acids is 1. The minimum atomic E-state index is -1.00. The Labute approximate surface area is 157 Å². The summed E-state index contributed by atoms with van der Waals surface area (Å²) in [7, 11) is 0. The van der Waals surface area contributed by atoms with Crippen LogP contribution < -0.4 is 10.2 Å². The quantitative estimate of drug-likeness (QED) is 0.851. The first kappa shape index (κ1) is 18.6. The Morgan fingerprint density at radius 2 is 1.78 bits per heavy atom. The van der Waals surface area contributed by atoms with Crippen LogP contribution in [-0.2, 0) is 16.0 Å². The Morgan fingerprint density at radius 1 is 1.11 bits per heavy atom. The smallest absolute Gasteiger partial charge is 0.335 e. The van der Waals surface area contributed by atoms with Crippen LogP contribution in [0.15, 0.2) is 48.5 Å². The topological polar surface area (TPSA) is 86.7 Å². The zero-order chi connectivity index (χ0) is 19.4. The minimum absolute atomic E-state index is 0.0975. The number of carboxylic acid groups (broad SMARTS) is 1. The molecule has 1 aliphatic heterocycles. The molecule has 2 amide bonds. The number of hydrogen-bond acceptors (Lipinski definition) is 3. The first-order valence-corrected chi connectivity index (χ1v) is 8.93. The highest BCUT2D eigenvalue weighted by atomic mass is 16.4. The molecule has 1 heterocycles. The van der Waals surface area contributed by atoms with Crippen molar-refractivity contribution in [1.82, 2.24) is 5.32 Å². The van der Waals surface area contributed by atoms with E-state index in [9.17, 15) is 14.4 Å². The summed E-state index contributed by atoms with van der Waals surface area (Å²) in [6.45, 7) is 2.64. The number of carbonyl (C=O) groups excluding carboxylic acids is 2. The molecular weight excluding hydrogens is 344 g/mol. The number of nitrogens with one attached hydrogen (secondary N) is 1. The molecule has 6 heteroatoms. The first-order chi connectivity index (χ1) is 12.9. The summed E-state index contributed by atoms with van der Waals surface area (Å²) < 4.78 is 0. The second kappa shape index (κ2) is 8.03. The number of carbonyl (C=O) groups is 3. The molecule has 0 radical (unpaired) electrons. The molecule has 0 bridgehead atoms. The molecule has 140 valence electrons. The average Bonchev–Trinajstić information content (AvgIpc) is 2.65. The highest BCUT2D eigenvalue weighted by Gasteiger charge is 2.30. The number of benzene rings is 2. The molecule has 0 aromatic heterocycles. The molecule has 0 saturated carbocycles. The summed E-state index contributed by atoms with van der Waals surface area (Å²) >= 11 is 0. The fraction of sp³-hybridized carbons (Fsp3) is 0.286.